The van der Waals surface area contributed by atoms with Crippen molar-refractivity contribution >= 4 is 28.6 Å². The first-order valence-corrected chi connectivity index (χ1v) is 6.87. The molecular formula is C9H20ClN3O4S. The third-order valence-corrected chi connectivity index (χ3v) is 4.64. The molecule has 0 aromatic carbocycles. The predicted octanol–water partition coefficient (Wildman–Crippen LogP) is -0.947. The second kappa shape index (κ2) is 7.90. The van der Waals surface area contributed by atoms with Crippen molar-refractivity contribution in [1.29, 1.82) is 0 Å². The van der Waals surface area contributed by atoms with Crippen LogP contribution in [0.1, 0.15) is 6.42 Å². The molecule has 1 rings (SSSR count). The van der Waals surface area contributed by atoms with E-state index >= 15 is 0 Å². The second-order valence-electron chi connectivity index (χ2n) is 3.80. The van der Waals surface area contributed by atoms with Crippen molar-refractivity contribution in [3.8, 4) is 0 Å². The van der Waals surface area contributed by atoms with Gasteiger partial charge in [-0.15, -0.1) is 12.4 Å². The molecule has 1 saturated heterocycles. The van der Waals surface area contributed by atoms with E-state index in [0.717, 1.165) is 0 Å². The molecule has 9 heteroatoms. The molecule has 0 saturated carbocycles. The topological polar surface area (TPSA) is 79.0 Å². The van der Waals surface area contributed by atoms with Crippen LogP contribution >= 0.6 is 12.4 Å². The lowest BCUT2D eigenvalue weighted by Gasteiger charge is -2.30. The fourth-order valence-electron chi connectivity index (χ4n) is 1.54. The lowest BCUT2D eigenvalue weighted by molar-refractivity contribution is -0.140. The van der Waals surface area contributed by atoms with Crippen molar-refractivity contribution in [2.45, 2.75) is 6.42 Å². The molecule has 0 bridgehead atoms. The minimum absolute atomic E-state index is 0. The lowest BCUT2D eigenvalue weighted by Crippen LogP contribution is -2.51. The highest BCUT2D eigenvalue weighted by Crippen LogP contribution is 2.08. The summed E-state index contributed by atoms with van der Waals surface area (Å²) in [5.74, 6) is -0.410. The van der Waals surface area contributed by atoms with Crippen molar-refractivity contribution < 1.29 is 17.9 Å². The molecule has 0 spiro atoms. The standard InChI is InChI=1S/C9H19N3O4S.ClH/c1-11(6-3-9(13)16-2)17(14,15)12-7-4-10-5-8-12;/h10H,3-8H2,1-2H3;1H. The number of hydrogen-bond donors (Lipinski definition) is 1. The lowest BCUT2D eigenvalue weighted by atomic mass is 10.4. The molecule has 1 N–H and O–H groups in total. The van der Waals surface area contributed by atoms with Crippen LogP contribution in [0.4, 0.5) is 0 Å². The Balaban J connectivity index is 0.00000289. The smallest absolute Gasteiger partial charge is 0.306 e. The van der Waals surface area contributed by atoms with Crippen LogP contribution < -0.4 is 5.32 Å². The number of carbonyl (C=O) groups excluding carboxylic acids is 1. The summed E-state index contributed by atoms with van der Waals surface area (Å²) in [5, 5.41) is 3.09. The van der Waals surface area contributed by atoms with Crippen molar-refractivity contribution in [1.82, 2.24) is 13.9 Å². The van der Waals surface area contributed by atoms with Gasteiger partial charge in [-0.1, -0.05) is 0 Å². The first-order valence-electron chi connectivity index (χ1n) is 5.47. The molecule has 1 fully saturated rings. The fraction of sp³-hybridized carbons (Fsp3) is 0.889. The number of piperazine rings is 1. The minimum Gasteiger partial charge on any atom is -0.469 e. The van der Waals surface area contributed by atoms with Gasteiger partial charge in [0.25, 0.3) is 10.2 Å². The summed E-state index contributed by atoms with van der Waals surface area (Å²) in [6, 6.07) is 0. The largest absolute Gasteiger partial charge is 0.469 e. The van der Waals surface area contributed by atoms with E-state index in [2.05, 4.69) is 10.1 Å². The first kappa shape index (κ1) is 17.6. The van der Waals surface area contributed by atoms with E-state index in [4.69, 9.17) is 0 Å². The average Bonchev–Trinajstić information content (AvgIpc) is 2.36. The summed E-state index contributed by atoms with van der Waals surface area (Å²) in [5.41, 5.74) is 0. The van der Waals surface area contributed by atoms with Crippen LogP contribution in [-0.4, -0.2) is 69.9 Å². The monoisotopic (exact) mass is 301 g/mol. The van der Waals surface area contributed by atoms with Crippen molar-refractivity contribution in [3.05, 3.63) is 0 Å². The highest BCUT2D eigenvalue weighted by Gasteiger charge is 2.28. The summed E-state index contributed by atoms with van der Waals surface area (Å²) in [4.78, 5) is 11.0. The summed E-state index contributed by atoms with van der Waals surface area (Å²) in [6.07, 6.45) is 0.0678. The van der Waals surface area contributed by atoms with E-state index in [9.17, 15) is 13.2 Å². The summed E-state index contributed by atoms with van der Waals surface area (Å²) in [6.45, 7) is 2.38. The van der Waals surface area contributed by atoms with E-state index in [1.165, 1.54) is 22.8 Å². The van der Waals surface area contributed by atoms with Gasteiger partial charge in [0.15, 0.2) is 0 Å². The van der Waals surface area contributed by atoms with E-state index in [0.29, 0.717) is 26.2 Å². The highest BCUT2D eigenvalue weighted by atomic mass is 35.5. The van der Waals surface area contributed by atoms with Crippen molar-refractivity contribution in [2.75, 3.05) is 46.9 Å². The molecule has 0 amide bonds. The number of nitrogens with one attached hydrogen (secondary N) is 1. The number of esters is 1. The van der Waals surface area contributed by atoms with E-state index < -0.39 is 16.2 Å². The number of ether oxygens (including phenoxy) is 1. The predicted molar refractivity (Wildman–Crippen MR) is 69.9 cm³/mol. The molecule has 0 aromatic heterocycles. The molecule has 7 nitrogen and oxygen atoms in total. The number of halogens is 1. The van der Waals surface area contributed by atoms with Crippen molar-refractivity contribution in [2.24, 2.45) is 0 Å². The molecule has 0 atom stereocenters. The SMILES string of the molecule is COC(=O)CCN(C)S(=O)(=O)N1CCNCC1.Cl. The van der Waals surface area contributed by atoms with Gasteiger partial charge in [-0.2, -0.15) is 17.0 Å². The normalized spacial score (nSPS) is 17.3. The van der Waals surface area contributed by atoms with Crippen LogP contribution in [0.3, 0.4) is 0 Å². The number of methoxy groups -OCH3 is 1. The molecule has 18 heavy (non-hydrogen) atoms. The Bertz CT molecular complexity index is 357. The maximum Gasteiger partial charge on any atom is 0.306 e. The van der Waals surface area contributed by atoms with Crippen LogP contribution in [0, 0.1) is 0 Å². The Morgan fingerprint density at radius 2 is 1.94 bits per heavy atom. The van der Waals surface area contributed by atoms with Gasteiger partial charge >= 0.3 is 5.97 Å². The quantitative estimate of drug-likeness (QED) is 0.663. The van der Waals surface area contributed by atoms with E-state index in [1.807, 2.05) is 0 Å². The van der Waals surface area contributed by atoms with Gasteiger partial charge in [0, 0.05) is 39.8 Å². The Hall–Kier alpha value is -0.410. The highest BCUT2D eigenvalue weighted by molar-refractivity contribution is 7.86. The van der Waals surface area contributed by atoms with Gasteiger partial charge in [-0.05, 0) is 0 Å². The Kier molecular flexibility index (Phi) is 7.72. The summed E-state index contributed by atoms with van der Waals surface area (Å²) in [7, 11) is -0.690. The fourth-order valence-corrected chi connectivity index (χ4v) is 2.90. The van der Waals surface area contributed by atoms with Gasteiger partial charge in [0.1, 0.15) is 0 Å². The van der Waals surface area contributed by atoms with Crippen LogP contribution in [-0.2, 0) is 19.7 Å². The minimum atomic E-state index is -3.45. The third-order valence-electron chi connectivity index (χ3n) is 2.65. The maximum absolute atomic E-state index is 12.1. The number of carbonyl (C=O) groups is 1. The van der Waals surface area contributed by atoms with Crippen LogP contribution in [0.2, 0.25) is 0 Å². The molecule has 0 aliphatic carbocycles. The number of nitrogens with zero attached hydrogens (tertiary/aromatic N) is 2. The maximum atomic E-state index is 12.1. The average molecular weight is 302 g/mol. The number of rotatable bonds is 5. The molecule has 1 aliphatic heterocycles. The van der Waals surface area contributed by atoms with Gasteiger partial charge in [0.05, 0.1) is 13.5 Å². The first-order chi connectivity index (χ1) is 7.98. The van der Waals surface area contributed by atoms with Crippen LogP contribution in [0.5, 0.6) is 0 Å². The zero-order chi connectivity index (χ0) is 12.9. The molecule has 0 unspecified atom stereocenters. The molecule has 0 radical (unpaired) electrons. The van der Waals surface area contributed by atoms with Crippen LogP contribution in [0.25, 0.3) is 0 Å². The molecular weight excluding hydrogens is 282 g/mol. The zero-order valence-electron chi connectivity index (χ0n) is 10.6. The van der Waals surface area contributed by atoms with Crippen LogP contribution in [0.15, 0.2) is 0 Å². The van der Waals surface area contributed by atoms with Gasteiger partial charge in [0.2, 0.25) is 0 Å². The van der Waals surface area contributed by atoms with E-state index in [-0.39, 0.29) is 25.4 Å². The molecule has 1 heterocycles. The Morgan fingerprint density at radius 3 is 2.44 bits per heavy atom. The Labute approximate surface area is 114 Å². The number of hydrogen-bond acceptors (Lipinski definition) is 5. The summed E-state index contributed by atoms with van der Waals surface area (Å²) >= 11 is 0. The van der Waals surface area contributed by atoms with Crippen molar-refractivity contribution in [3.63, 3.8) is 0 Å². The molecule has 108 valence electrons. The van der Waals surface area contributed by atoms with E-state index in [1.54, 1.807) is 0 Å². The molecule has 0 aromatic rings. The third kappa shape index (κ3) is 4.69. The zero-order valence-corrected chi connectivity index (χ0v) is 12.2. The van der Waals surface area contributed by atoms with Gasteiger partial charge in [-0.25, -0.2) is 0 Å². The van der Waals surface area contributed by atoms with Gasteiger partial charge < -0.3 is 10.1 Å². The molecule has 1 aliphatic rings. The second-order valence-corrected chi connectivity index (χ2v) is 5.84. The Morgan fingerprint density at radius 1 is 1.39 bits per heavy atom. The van der Waals surface area contributed by atoms with Gasteiger partial charge in [-0.3, -0.25) is 4.79 Å². The summed E-state index contributed by atoms with van der Waals surface area (Å²) < 4.78 is 31.2.